The van der Waals surface area contributed by atoms with Gasteiger partial charge >= 0.3 is 0 Å². The number of piperazine rings is 1. The molecule has 3 heterocycles. The highest BCUT2D eigenvalue weighted by Crippen LogP contribution is 2.28. The maximum Gasteiger partial charge on any atom is 0.226 e. The first kappa shape index (κ1) is 23.1. The van der Waals surface area contributed by atoms with E-state index < -0.39 is 10.0 Å². The van der Waals surface area contributed by atoms with Gasteiger partial charge in [0.05, 0.1) is 11.8 Å². The normalized spacial score (nSPS) is 21.9. The van der Waals surface area contributed by atoms with Crippen LogP contribution in [0.15, 0.2) is 24.5 Å². The Balaban J connectivity index is 0.00000280. The van der Waals surface area contributed by atoms with Crippen molar-refractivity contribution in [2.24, 2.45) is 5.92 Å². The molecular weight excluding hydrogens is 400 g/mol. The first-order chi connectivity index (χ1) is 13.0. The lowest BCUT2D eigenvalue weighted by molar-refractivity contribution is -0.140. The zero-order valence-electron chi connectivity index (χ0n) is 16.4. The minimum Gasteiger partial charge on any atom is -0.333 e. The molecule has 0 aromatic carbocycles. The average molecular weight is 431 g/mol. The van der Waals surface area contributed by atoms with Crippen LogP contribution in [0.3, 0.4) is 0 Å². The monoisotopic (exact) mass is 430 g/mol. The van der Waals surface area contributed by atoms with Gasteiger partial charge in [0.1, 0.15) is 0 Å². The van der Waals surface area contributed by atoms with Crippen LogP contribution in [-0.4, -0.2) is 67.0 Å². The van der Waals surface area contributed by atoms with Crippen LogP contribution in [0.25, 0.3) is 0 Å². The van der Waals surface area contributed by atoms with Gasteiger partial charge in [-0.25, -0.2) is 12.7 Å². The molecule has 0 radical (unpaired) electrons. The Morgan fingerprint density at radius 2 is 2.04 bits per heavy atom. The van der Waals surface area contributed by atoms with E-state index in [4.69, 9.17) is 0 Å². The number of pyridine rings is 1. The molecule has 1 atom stereocenters. The first-order valence-corrected chi connectivity index (χ1v) is 11.5. The molecule has 1 N–H and O–H groups in total. The smallest absolute Gasteiger partial charge is 0.226 e. The van der Waals surface area contributed by atoms with E-state index in [0.29, 0.717) is 38.9 Å². The van der Waals surface area contributed by atoms with Gasteiger partial charge in [0.15, 0.2) is 0 Å². The van der Waals surface area contributed by atoms with Crippen LogP contribution in [-0.2, 0) is 14.8 Å². The minimum atomic E-state index is -3.18. The summed E-state index contributed by atoms with van der Waals surface area (Å²) in [5.74, 6) is 0.263. The van der Waals surface area contributed by atoms with Gasteiger partial charge < -0.3 is 10.2 Å². The molecule has 0 spiro atoms. The fraction of sp³-hybridized carbons (Fsp3) is 0.684. The van der Waals surface area contributed by atoms with E-state index >= 15 is 0 Å². The molecule has 7 nitrogen and oxygen atoms in total. The fourth-order valence-electron chi connectivity index (χ4n) is 3.91. The predicted molar refractivity (Wildman–Crippen MR) is 112 cm³/mol. The van der Waals surface area contributed by atoms with Crippen molar-refractivity contribution in [1.29, 1.82) is 0 Å². The van der Waals surface area contributed by atoms with Crippen LogP contribution in [0.1, 0.15) is 44.2 Å². The standard InChI is InChI=1S/C19H30N4O3S.ClH/c1-2-3-13-27(25,26)22-10-6-16(7-11-22)19(24)23-12-9-21-15-18(23)17-5-4-8-20-14-17;/h4-5,8,14,16,18,21H,2-3,6-7,9-13,15H2,1H3;1H. The first-order valence-electron chi connectivity index (χ1n) is 9.92. The molecule has 1 aromatic heterocycles. The van der Waals surface area contributed by atoms with Crippen molar-refractivity contribution in [3.63, 3.8) is 0 Å². The summed E-state index contributed by atoms with van der Waals surface area (Å²) in [5.41, 5.74) is 1.04. The van der Waals surface area contributed by atoms with Crippen molar-refractivity contribution in [2.45, 2.75) is 38.6 Å². The highest BCUT2D eigenvalue weighted by molar-refractivity contribution is 7.89. The number of carbonyl (C=O) groups is 1. The number of halogens is 1. The summed E-state index contributed by atoms with van der Waals surface area (Å²) in [6.07, 6.45) is 6.32. The molecule has 1 amide bonds. The number of unbranched alkanes of at least 4 members (excludes halogenated alkanes) is 1. The van der Waals surface area contributed by atoms with Crippen molar-refractivity contribution in [3.05, 3.63) is 30.1 Å². The van der Waals surface area contributed by atoms with Crippen molar-refractivity contribution in [1.82, 2.24) is 19.5 Å². The van der Waals surface area contributed by atoms with Crippen LogP contribution >= 0.6 is 12.4 Å². The number of hydrogen-bond donors (Lipinski definition) is 1. The molecule has 2 saturated heterocycles. The number of piperidine rings is 1. The topological polar surface area (TPSA) is 82.6 Å². The summed E-state index contributed by atoms with van der Waals surface area (Å²) in [6, 6.07) is 3.89. The third-order valence-corrected chi connectivity index (χ3v) is 7.50. The lowest BCUT2D eigenvalue weighted by Gasteiger charge is -2.40. The Kier molecular flexibility index (Phi) is 8.67. The summed E-state index contributed by atoms with van der Waals surface area (Å²) in [5, 5.41) is 3.36. The molecule has 1 unspecified atom stereocenters. The van der Waals surface area contributed by atoms with Gasteiger partial charge in [-0.2, -0.15) is 0 Å². The van der Waals surface area contributed by atoms with Crippen molar-refractivity contribution < 1.29 is 13.2 Å². The van der Waals surface area contributed by atoms with Crippen LogP contribution in [0.5, 0.6) is 0 Å². The third kappa shape index (κ3) is 5.43. The van der Waals surface area contributed by atoms with Gasteiger partial charge in [-0.15, -0.1) is 12.4 Å². The lowest BCUT2D eigenvalue weighted by atomic mass is 9.94. The highest BCUT2D eigenvalue weighted by Gasteiger charge is 2.36. The lowest BCUT2D eigenvalue weighted by Crippen LogP contribution is -2.52. The molecule has 158 valence electrons. The number of hydrogen-bond acceptors (Lipinski definition) is 5. The molecule has 0 saturated carbocycles. The van der Waals surface area contributed by atoms with Crippen LogP contribution in [0.2, 0.25) is 0 Å². The van der Waals surface area contributed by atoms with Crippen LogP contribution in [0.4, 0.5) is 0 Å². The second kappa shape index (κ2) is 10.5. The second-order valence-electron chi connectivity index (χ2n) is 7.38. The van der Waals surface area contributed by atoms with Gasteiger partial charge in [0.25, 0.3) is 0 Å². The zero-order valence-corrected chi connectivity index (χ0v) is 18.1. The number of amides is 1. The maximum absolute atomic E-state index is 13.2. The number of nitrogens with one attached hydrogen (secondary N) is 1. The van der Waals surface area contributed by atoms with Gasteiger partial charge in [-0.05, 0) is 30.9 Å². The van der Waals surface area contributed by atoms with E-state index in [0.717, 1.165) is 25.1 Å². The summed E-state index contributed by atoms with van der Waals surface area (Å²) in [7, 11) is -3.18. The van der Waals surface area contributed by atoms with E-state index in [-0.39, 0.29) is 36.0 Å². The number of aromatic nitrogens is 1. The molecule has 3 rings (SSSR count). The van der Waals surface area contributed by atoms with Crippen LogP contribution < -0.4 is 5.32 Å². The van der Waals surface area contributed by atoms with Crippen molar-refractivity contribution in [2.75, 3.05) is 38.5 Å². The van der Waals surface area contributed by atoms with E-state index in [1.807, 2.05) is 30.2 Å². The molecule has 1 aromatic rings. The molecule has 2 aliphatic heterocycles. The number of rotatable bonds is 6. The summed E-state index contributed by atoms with van der Waals surface area (Å²) in [4.78, 5) is 19.3. The quantitative estimate of drug-likeness (QED) is 0.744. The number of carbonyl (C=O) groups excluding carboxylic acids is 1. The van der Waals surface area contributed by atoms with E-state index in [2.05, 4.69) is 10.3 Å². The maximum atomic E-state index is 13.2. The van der Waals surface area contributed by atoms with Crippen molar-refractivity contribution in [3.8, 4) is 0 Å². The molecule has 2 fully saturated rings. The molecule has 0 bridgehead atoms. The largest absolute Gasteiger partial charge is 0.333 e. The molecule has 2 aliphatic rings. The van der Waals surface area contributed by atoms with E-state index in [1.54, 1.807) is 10.5 Å². The Bertz CT molecular complexity index is 724. The van der Waals surface area contributed by atoms with Gasteiger partial charge in [-0.1, -0.05) is 19.4 Å². The fourth-order valence-corrected chi connectivity index (χ4v) is 5.59. The average Bonchev–Trinajstić information content (AvgIpc) is 2.72. The van der Waals surface area contributed by atoms with Gasteiger partial charge in [0.2, 0.25) is 15.9 Å². The Morgan fingerprint density at radius 1 is 1.29 bits per heavy atom. The summed E-state index contributed by atoms with van der Waals surface area (Å²) < 4.78 is 26.3. The summed E-state index contributed by atoms with van der Waals surface area (Å²) >= 11 is 0. The predicted octanol–water partition coefficient (Wildman–Crippen LogP) is 1.82. The minimum absolute atomic E-state index is 0. The molecular formula is C19H31ClN4O3S. The van der Waals surface area contributed by atoms with Gasteiger partial charge in [-0.3, -0.25) is 9.78 Å². The number of sulfonamides is 1. The Morgan fingerprint density at radius 3 is 2.68 bits per heavy atom. The van der Waals surface area contributed by atoms with Crippen molar-refractivity contribution >= 4 is 28.3 Å². The third-order valence-electron chi connectivity index (χ3n) is 5.55. The van der Waals surface area contributed by atoms with Crippen LogP contribution in [0, 0.1) is 5.92 Å². The second-order valence-corrected chi connectivity index (χ2v) is 9.47. The molecule has 0 aliphatic carbocycles. The SMILES string of the molecule is CCCCS(=O)(=O)N1CCC(C(=O)N2CCNCC2c2cccnc2)CC1.Cl. The summed E-state index contributed by atoms with van der Waals surface area (Å²) in [6.45, 7) is 5.08. The molecule has 28 heavy (non-hydrogen) atoms. The van der Waals surface area contributed by atoms with Gasteiger partial charge in [0, 0.05) is 51.0 Å². The highest BCUT2D eigenvalue weighted by atomic mass is 35.5. The Hall–Kier alpha value is -1.22. The Labute approximate surface area is 174 Å². The molecule has 9 heteroatoms. The van der Waals surface area contributed by atoms with E-state index in [9.17, 15) is 13.2 Å². The van der Waals surface area contributed by atoms with E-state index in [1.165, 1.54) is 0 Å². The number of nitrogens with zero attached hydrogens (tertiary/aromatic N) is 3. The zero-order chi connectivity index (χ0) is 19.3.